The lowest BCUT2D eigenvalue weighted by Crippen LogP contribution is -2.09. The molecule has 0 spiro atoms. The molecule has 0 aromatic heterocycles. The second-order valence-electron chi connectivity index (χ2n) is 3.88. The maximum atomic E-state index is 3.42. The molecule has 1 nitrogen and oxygen atoms in total. The molecule has 0 aromatic rings. The lowest BCUT2D eigenvalue weighted by Gasteiger charge is -2.08. The van der Waals surface area contributed by atoms with E-state index in [1.165, 1.54) is 33.7 Å². The smallest absolute Gasteiger partial charge is 0.0149 e. The lowest BCUT2D eigenvalue weighted by molar-refractivity contribution is 0.938. The maximum Gasteiger partial charge on any atom is 0.0149 e. The molecule has 0 amide bonds. The van der Waals surface area contributed by atoms with Gasteiger partial charge in [-0.2, -0.15) is 0 Å². The predicted molar refractivity (Wildman–Crippen MR) is 58.3 cm³/mol. The standard InChI is InChI=1S/C12H19N/c1-7-8(2)10(4)12(6)13-11(5)9(7)3/h13H,1-6H3. The minimum absolute atomic E-state index is 1.27. The van der Waals surface area contributed by atoms with E-state index in [4.69, 9.17) is 0 Å². The van der Waals surface area contributed by atoms with Crippen LogP contribution in [-0.4, -0.2) is 0 Å². The van der Waals surface area contributed by atoms with Crippen LogP contribution in [0.3, 0.4) is 0 Å². The van der Waals surface area contributed by atoms with Crippen molar-refractivity contribution < 1.29 is 0 Å². The van der Waals surface area contributed by atoms with Gasteiger partial charge in [0, 0.05) is 11.4 Å². The van der Waals surface area contributed by atoms with E-state index in [1.54, 1.807) is 0 Å². The fraction of sp³-hybridized carbons (Fsp3) is 0.500. The summed E-state index contributed by atoms with van der Waals surface area (Å²) in [5, 5.41) is 3.42. The number of hydrogen-bond donors (Lipinski definition) is 1. The first-order valence-electron chi connectivity index (χ1n) is 4.75. The van der Waals surface area contributed by atoms with E-state index in [1.807, 2.05) is 0 Å². The molecule has 0 saturated heterocycles. The van der Waals surface area contributed by atoms with Crippen molar-refractivity contribution in [3.63, 3.8) is 0 Å². The van der Waals surface area contributed by atoms with Gasteiger partial charge in [-0.1, -0.05) is 0 Å². The number of rotatable bonds is 0. The Kier molecular flexibility index (Phi) is 2.65. The number of hydrogen-bond acceptors (Lipinski definition) is 1. The third-order valence-electron chi connectivity index (χ3n) is 3.19. The second-order valence-corrected chi connectivity index (χ2v) is 3.88. The van der Waals surface area contributed by atoms with E-state index in [9.17, 15) is 0 Å². The molecule has 0 saturated carbocycles. The van der Waals surface area contributed by atoms with Crippen LogP contribution >= 0.6 is 0 Å². The monoisotopic (exact) mass is 177 g/mol. The second kappa shape index (κ2) is 3.41. The van der Waals surface area contributed by atoms with E-state index in [2.05, 4.69) is 46.9 Å². The fourth-order valence-electron chi connectivity index (χ4n) is 1.59. The summed E-state index contributed by atoms with van der Waals surface area (Å²) in [7, 11) is 0. The molecule has 13 heavy (non-hydrogen) atoms. The number of nitrogens with one attached hydrogen (secondary N) is 1. The van der Waals surface area contributed by atoms with Crippen LogP contribution in [0.15, 0.2) is 33.7 Å². The first kappa shape index (κ1) is 10.1. The molecule has 1 N–H and O–H groups in total. The van der Waals surface area contributed by atoms with Gasteiger partial charge in [-0.15, -0.1) is 0 Å². The molecular weight excluding hydrogens is 158 g/mol. The summed E-state index contributed by atoms with van der Waals surface area (Å²) in [4.78, 5) is 0. The molecule has 0 bridgehead atoms. The van der Waals surface area contributed by atoms with Crippen LogP contribution in [0.5, 0.6) is 0 Å². The van der Waals surface area contributed by atoms with Crippen molar-refractivity contribution in [3.8, 4) is 0 Å². The van der Waals surface area contributed by atoms with Crippen LogP contribution in [-0.2, 0) is 0 Å². The van der Waals surface area contributed by atoms with E-state index in [0.29, 0.717) is 0 Å². The van der Waals surface area contributed by atoms with Crippen molar-refractivity contribution in [2.75, 3.05) is 0 Å². The van der Waals surface area contributed by atoms with Gasteiger partial charge in [0.05, 0.1) is 0 Å². The van der Waals surface area contributed by atoms with Gasteiger partial charge in [0.25, 0.3) is 0 Å². The highest BCUT2D eigenvalue weighted by molar-refractivity contribution is 5.47. The molecule has 0 fully saturated rings. The average molecular weight is 177 g/mol. The molecule has 1 aliphatic heterocycles. The van der Waals surface area contributed by atoms with Gasteiger partial charge in [-0.05, 0) is 63.8 Å². The minimum atomic E-state index is 1.27. The van der Waals surface area contributed by atoms with Crippen LogP contribution in [0, 0.1) is 0 Å². The molecule has 0 unspecified atom stereocenters. The van der Waals surface area contributed by atoms with Crippen molar-refractivity contribution >= 4 is 0 Å². The normalized spacial score (nSPS) is 19.2. The zero-order valence-electron chi connectivity index (χ0n) is 9.50. The third-order valence-corrected chi connectivity index (χ3v) is 3.19. The Morgan fingerprint density at radius 1 is 0.538 bits per heavy atom. The largest absolute Gasteiger partial charge is 0.362 e. The fourth-order valence-corrected chi connectivity index (χ4v) is 1.59. The molecule has 0 atom stereocenters. The molecule has 1 heterocycles. The van der Waals surface area contributed by atoms with Gasteiger partial charge in [0.2, 0.25) is 0 Å². The van der Waals surface area contributed by atoms with Crippen LogP contribution in [0.1, 0.15) is 41.5 Å². The molecule has 72 valence electrons. The molecule has 0 aliphatic carbocycles. The first-order valence-corrected chi connectivity index (χ1v) is 4.75. The summed E-state index contributed by atoms with van der Waals surface area (Å²) >= 11 is 0. The Hall–Kier alpha value is -0.980. The minimum Gasteiger partial charge on any atom is -0.362 e. The highest BCUT2D eigenvalue weighted by Crippen LogP contribution is 2.26. The zero-order chi connectivity index (χ0) is 10.2. The Morgan fingerprint density at radius 3 is 1.15 bits per heavy atom. The van der Waals surface area contributed by atoms with Gasteiger partial charge in [-0.25, -0.2) is 0 Å². The predicted octanol–water partition coefficient (Wildman–Crippen LogP) is 3.51. The van der Waals surface area contributed by atoms with Crippen molar-refractivity contribution in [1.82, 2.24) is 5.32 Å². The van der Waals surface area contributed by atoms with Gasteiger partial charge in [0.1, 0.15) is 0 Å². The lowest BCUT2D eigenvalue weighted by atomic mass is 9.98. The molecule has 1 rings (SSSR count). The summed E-state index contributed by atoms with van der Waals surface area (Å²) in [6.07, 6.45) is 0. The van der Waals surface area contributed by atoms with E-state index < -0.39 is 0 Å². The molecule has 1 heteroatoms. The molecule has 0 aromatic carbocycles. The Labute approximate surface area is 81.2 Å². The van der Waals surface area contributed by atoms with Gasteiger partial charge < -0.3 is 5.32 Å². The van der Waals surface area contributed by atoms with Gasteiger partial charge in [0.15, 0.2) is 0 Å². The Morgan fingerprint density at radius 2 is 0.846 bits per heavy atom. The van der Waals surface area contributed by atoms with Gasteiger partial charge >= 0.3 is 0 Å². The van der Waals surface area contributed by atoms with Crippen LogP contribution in [0.25, 0.3) is 0 Å². The molecule has 0 radical (unpaired) electrons. The summed E-state index contributed by atoms with van der Waals surface area (Å²) in [6, 6.07) is 0. The Bertz CT molecular complexity index is 295. The van der Waals surface area contributed by atoms with E-state index in [-0.39, 0.29) is 0 Å². The topological polar surface area (TPSA) is 12.0 Å². The van der Waals surface area contributed by atoms with Crippen LogP contribution in [0.2, 0.25) is 0 Å². The Balaban J connectivity index is 3.35. The molecule has 1 aliphatic rings. The van der Waals surface area contributed by atoms with Crippen LogP contribution in [0.4, 0.5) is 0 Å². The number of allylic oxidation sites excluding steroid dienone is 6. The van der Waals surface area contributed by atoms with Crippen molar-refractivity contribution in [2.24, 2.45) is 0 Å². The van der Waals surface area contributed by atoms with Crippen molar-refractivity contribution in [1.29, 1.82) is 0 Å². The molecular formula is C12H19N. The summed E-state index contributed by atoms with van der Waals surface area (Å²) < 4.78 is 0. The summed E-state index contributed by atoms with van der Waals surface area (Å²) in [5.74, 6) is 0. The average Bonchev–Trinajstić information content (AvgIpc) is 2.15. The van der Waals surface area contributed by atoms with Crippen molar-refractivity contribution in [2.45, 2.75) is 41.5 Å². The van der Waals surface area contributed by atoms with Crippen molar-refractivity contribution in [3.05, 3.63) is 33.7 Å². The SMILES string of the molecule is CC1=C(C)C(C)=C(C)C(C)=C(C)N1. The summed E-state index contributed by atoms with van der Waals surface area (Å²) in [5.41, 5.74) is 8.08. The third kappa shape index (κ3) is 1.69. The first-order chi connectivity index (χ1) is 5.95. The highest BCUT2D eigenvalue weighted by Gasteiger charge is 2.11. The quantitative estimate of drug-likeness (QED) is 0.597. The summed E-state index contributed by atoms with van der Waals surface area (Å²) in [6.45, 7) is 13.0. The highest BCUT2D eigenvalue weighted by atomic mass is 14.9. The zero-order valence-corrected chi connectivity index (χ0v) is 9.50. The van der Waals surface area contributed by atoms with E-state index >= 15 is 0 Å². The van der Waals surface area contributed by atoms with Crippen LogP contribution < -0.4 is 5.32 Å². The maximum absolute atomic E-state index is 3.42. The van der Waals surface area contributed by atoms with E-state index in [0.717, 1.165) is 0 Å². The van der Waals surface area contributed by atoms with Gasteiger partial charge in [-0.3, -0.25) is 0 Å².